The van der Waals surface area contributed by atoms with Gasteiger partial charge in [-0.1, -0.05) is 30.3 Å². The summed E-state index contributed by atoms with van der Waals surface area (Å²) in [6, 6.07) is 15.3. The number of benzene rings is 2. The summed E-state index contributed by atoms with van der Waals surface area (Å²) in [6.45, 7) is 4.56. The molecule has 0 unspecified atom stereocenters. The first kappa shape index (κ1) is 16.7. The number of hydrogen-bond acceptors (Lipinski definition) is 2. The van der Waals surface area contributed by atoms with Crippen molar-refractivity contribution < 1.29 is 4.79 Å². The van der Waals surface area contributed by atoms with Gasteiger partial charge >= 0.3 is 0 Å². The minimum Gasteiger partial charge on any atom is -0.326 e. The predicted molar refractivity (Wildman–Crippen MR) is 99.1 cm³/mol. The van der Waals surface area contributed by atoms with Crippen LogP contribution in [0.2, 0.25) is 0 Å². The second kappa shape index (κ2) is 7.63. The molecule has 0 aliphatic heterocycles. The molecule has 0 saturated carbocycles. The van der Waals surface area contributed by atoms with Crippen molar-refractivity contribution in [2.45, 2.75) is 52.1 Å². The van der Waals surface area contributed by atoms with E-state index in [0.717, 1.165) is 12.2 Å². The van der Waals surface area contributed by atoms with Crippen LogP contribution < -0.4 is 10.6 Å². The fourth-order valence-electron chi connectivity index (χ4n) is 3.32. The normalized spacial score (nSPS) is 14.8. The van der Waals surface area contributed by atoms with Gasteiger partial charge in [-0.3, -0.25) is 4.79 Å². The first-order valence-corrected chi connectivity index (χ1v) is 8.83. The molecule has 1 aliphatic carbocycles. The van der Waals surface area contributed by atoms with Crippen molar-refractivity contribution in [3.63, 3.8) is 0 Å². The molecule has 3 nitrogen and oxygen atoms in total. The molecule has 1 atom stereocenters. The predicted octanol–water partition coefficient (Wildman–Crippen LogP) is 4.37. The highest BCUT2D eigenvalue weighted by Crippen LogP contribution is 2.25. The lowest BCUT2D eigenvalue weighted by atomic mass is 9.89. The van der Waals surface area contributed by atoms with Crippen LogP contribution in [0, 0.1) is 0 Å². The Hall–Kier alpha value is -2.13. The Morgan fingerprint density at radius 2 is 1.75 bits per heavy atom. The molecule has 0 bridgehead atoms. The van der Waals surface area contributed by atoms with Gasteiger partial charge in [-0.15, -0.1) is 0 Å². The number of amides is 1. The molecule has 3 heteroatoms. The van der Waals surface area contributed by atoms with Crippen LogP contribution in [0.3, 0.4) is 0 Å². The van der Waals surface area contributed by atoms with E-state index in [1.807, 2.05) is 12.1 Å². The van der Waals surface area contributed by atoms with E-state index in [2.05, 4.69) is 47.9 Å². The van der Waals surface area contributed by atoms with Gasteiger partial charge in [0.25, 0.3) is 0 Å². The molecule has 24 heavy (non-hydrogen) atoms. The Morgan fingerprint density at radius 1 is 1.04 bits per heavy atom. The summed E-state index contributed by atoms with van der Waals surface area (Å²) in [5, 5.41) is 6.39. The van der Waals surface area contributed by atoms with Gasteiger partial charge in [-0.25, -0.2) is 0 Å². The highest BCUT2D eigenvalue weighted by molar-refractivity contribution is 5.88. The highest BCUT2D eigenvalue weighted by atomic mass is 16.1. The third-order valence-electron chi connectivity index (χ3n) is 4.76. The standard InChI is InChI=1S/C21H26N2O/c1-15(19-10-9-18-5-3-4-6-20(18)13-19)22-14-17-7-11-21(12-8-17)23-16(2)24/h7-13,15,22H,3-6,14H2,1-2H3,(H,23,24)/t15-/m1/s1. The second-order valence-electron chi connectivity index (χ2n) is 6.72. The third kappa shape index (κ3) is 4.24. The average molecular weight is 322 g/mol. The molecule has 0 spiro atoms. The van der Waals surface area contributed by atoms with E-state index in [1.54, 1.807) is 0 Å². The van der Waals surface area contributed by atoms with Gasteiger partial charge in [0.2, 0.25) is 5.91 Å². The smallest absolute Gasteiger partial charge is 0.221 e. The molecule has 0 heterocycles. The van der Waals surface area contributed by atoms with Gasteiger partial charge in [0.1, 0.15) is 0 Å². The fourth-order valence-corrected chi connectivity index (χ4v) is 3.32. The van der Waals surface area contributed by atoms with Crippen molar-refractivity contribution in [2.75, 3.05) is 5.32 Å². The van der Waals surface area contributed by atoms with Gasteiger partial charge in [-0.2, -0.15) is 0 Å². The monoisotopic (exact) mass is 322 g/mol. The lowest BCUT2D eigenvalue weighted by Crippen LogP contribution is -2.18. The number of anilines is 1. The summed E-state index contributed by atoms with van der Waals surface area (Å²) in [6.07, 6.45) is 5.10. The topological polar surface area (TPSA) is 41.1 Å². The van der Waals surface area contributed by atoms with Gasteiger partial charge in [0, 0.05) is 25.2 Å². The molecule has 2 aromatic carbocycles. The molecule has 2 aromatic rings. The lowest BCUT2D eigenvalue weighted by molar-refractivity contribution is -0.114. The SMILES string of the molecule is CC(=O)Nc1ccc(CN[C@H](C)c2ccc3c(c2)CCCC3)cc1. The van der Waals surface area contributed by atoms with E-state index in [9.17, 15) is 4.79 Å². The molecular weight excluding hydrogens is 296 g/mol. The van der Waals surface area contributed by atoms with E-state index in [4.69, 9.17) is 0 Å². The maximum Gasteiger partial charge on any atom is 0.221 e. The quantitative estimate of drug-likeness (QED) is 0.858. The Bertz CT molecular complexity index is 706. The second-order valence-corrected chi connectivity index (χ2v) is 6.72. The van der Waals surface area contributed by atoms with Crippen LogP contribution in [-0.4, -0.2) is 5.91 Å². The molecule has 0 radical (unpaired) electrons. The maximum absolute atomic E-state index is 11.0. The number of carbonyl (C=O) groups excluding carboxylic acids is 1. The summed E-state index contributed by atoms with van der Waals surface area (Å²) in [5.74, 6) is -0.0399. The molecule has 126 valence electrons. The van der Waals surface area contributed by atoms with Crippen LogP contribution in [-0.2, 0) is 24.2 Å². The first-order chi connectivity index (χ1) is 11.6. The molecule has 0 fully saturated rings. The number of nitrogens with one attached hydrogen (secondary N) is 2. The van der Waals surface area contributed by atoms with Crippen LogP contribution in [0.5, 0.6) is 0 Å². The van der Waals surface area contributed by atoms with Crippen LogP contribution in [0.4, 0.5) is 5.69 Å². The number of aryl methyl sites for hydroxylation is 2. The minimum absolute atomic E-state index is 0.0399. The van der Waals surface area contributed by atoms with Gasteiger partial charge in [0.15, 0.2) is 0 Å². The average Bonchev–Trinajstić information content (AvgIpc) is 2.60. The van der Waals surface area contributed by atoms with E-state index in [1.165, 1.54) is 54.9 Å². The fraction of sp³-hybridized carbons (Fsp3) is 0.381. The van der Waals surface area contributed by atoms with Crippen molar-refractivity contribution >= 4 is 11.6 Å². The van der Waals surface area contributed by atoms with Crippen LogP contribution in [0.15, 0.2) is 42.5 Å². The molecule has 3 rings (SSSR count). The summed E-state index contributed by atoms with van der Waals surface area (Å²) >= 11 is 0. The van der Waals surface area contributed by atoms with Crippen LogP contribution in [0.1, 0.15) is 55.0 Å². The molecule has 1 amide bonds. The minimum atomic E-state index is -0.0399. The number of rotatable bonds is 5. The molecule has 1 aliphatic rings. The van der Waals surface area contributed by atoms with Crippen LogP contribution in [0.25, 0.3) is 0 Å². The van der Waals surface area contributed by atoms with E-state index >= 15 is 0 Å². The summed E-state index contributed by atoms with van der Waals surface area (Å²) < 4.78 is 0. The van der Waals surface area contributed by atoms with Crippen LogP contribution >= 0.6 is 0 Å². The molecule has 0 aromatic heterocycles. The summed E-state index contributed by atoms with van der Waals surface area (Å²) in [7, 11) is 0. The Kier molecular flexibility index (Phi) is 5.31. The zero-order valence-corrected chi connectivity index (χ0v) is 14.6. The van der Waals surface area contributed by atoms with Crippen molar-refractivity contribution in [1.82, 2.24) is 5.32 Å². The Balaban J connectivity index is 1.59. The molecule has 0 saturated heterocycles. The van der Waals surface area contributed by atoms with E-state index < -0.39 is 0 Å². The Morgan fingerprint density at radius 3 is 2.46 bits per heavy atom. The summed E-state index contributed by atoms with van der Waals surface area (Å²) in [5.41, 5.74) is 6.49. The maximum atomic E-state index is 11.0. The van der Waals surface area contributed by atoms with Gasteiger partial charge in [-0.05, 0) is 67.0 Å². The van der Waals surface area contributed by atoms with Gasteiger partial charge < -0.3 is 10.6 Å². The lowest BCUT2D eigenvalue weighted by Gasteiger charge is -2.20. The first-order valence-electron chi connectivity index (χ1n) is 8.83. The van der Waals surface area contributed by atoms with Crippen molar-refractivity contribution in [3.8, 4) is 0 Å². The van der Waals surface area contributed by atoms with Crippen molar-refractivity contribution in [3.05, 3.63) is 64.7 Å². The largest absolute Gasteiger partial charge is 0.326 e. The zero-order chi connectivity index (χ0) is 16.9. The van der Waals surface area contributed by atoms with E-state index in [-0.39, 0.29) is 5.91 Å². The zero-order valence-electron chi connectivity index (χ0n) is 14.6. The Labute approximate surface area is 144 Å². The van der Waals surface area contributed by atoms with Crippen molar-refractivity contribution in [2.24, 2.45) is 0 Å². The number of carbonyl (C=O) groups is 1. The number of hydrogen-bond donors (Lipinski definition) is 2. The molecular formula is C21H26N2O. The van der Waals surface area contributed by atoms with Gasteiger partial charge in [0.05, 0.1) is 0 Å². The van der Waals surface area contributed by atoms with E-state index in [0.29, 0.717) is 6.04 Å². The molecule has 2 N–H and O–H groups in total. The number of fused-ring (bicyclic) bond motifs is 1. The van der Waals surface area contributed by atoms with Crippen molar-refractivity contribution in [1.29, 1.82) is 0 Å². The summed E-state index contributed by atoms with van der Waals surface area (Å²) in [4.78, 5) is 11.0. The third-order valence-corrected chi connectivity index (χ3v) is 4.76. The highest BCUT2D eigenvalue weighted by Gasteiger charge is 2.12.